The molecule has 3 rings (SSSR count). The molecule has 1 aliphatic rings. The van der Waals surface area contributed by atoms with Crippen LogP contribution in [0.15, 0.2) is 24.4 Å². The first-order chi connectivity index (χ1) is 11.5. The average Bonchev–Trinajstić information content (AvgIpc) is 3.19. The van der Waals surface area contributed by atoms with Crippen molar-refractivity contribution in [1.82, 2.24) is 4.98 Å². The molecule has 1 amide bonds. The molecule has 2 heterocycles. The monoisotopic (exact) mass is 401 g/mol. The van der Waals surface area contributed by atoms with E-state index in [-0.39, 0.29) is 24.4 Å². The molecule has 1 saturated heterocycles. The van der Waals surface area contributed by atoms with Gasteiger partial charge in [0.2, 0.25) is 0 Å². The van der Waals surface area contributed by atoms with Gasteiger partial charge in [0.25, 0.3) is 5.91 Å². The molecule has 25 heavy (non-hydrogen) atoms. The van der Waals surface area contributed by atoms with Crippen LogP contribution in [-0.2, 0) is 16.0 Å². The number of aromatic nitrogens is 1. The van der Waals surface area contributed by atoms with E-state index in [1.54, 1.807) is 6.20 Å². The Morgan fingerprint density at radius 2 is 2.28 bits per heavy atom. The number of ether oxygens (including phenoxy) is 1. The topological polar surface area (TPSA) is 77.2 Å². The fraction of sp³-hybridized carbons (Fsp3) is 0.412. The number of carbonyl (C=O) groups is 1. The second-order valence-corrected chi connectivity index (χ2v) is 7.48. The standard InChI is InChI=1S/C17H20ClN3O2S.ClH/c1-10-6-12(18)3-2-11(10)7-14-9-20-17(24-14)21-16(22)15-5-4-13(8-19)23-15;/h2-3,6,9,13,15H,4-5,7-8,19H2,1H3,(H,20,21,22);1H/t13-,15+;/m1./s1. The summed E-state index contributed by atoms with van der Waals surface area (Å²) in [5.41, 5.74) is 7.92. The second kappa shape index (κ2) is 8.96. The van der Waals surface area contributed by atoms with E-state index in [9.17, 15) is 4.79 Å². The highest BCUT2D eigenvalue weighted by Crippen LogP contribution is 2.25. The van der Waals surface area contributed by atoms with Gasteiger partial charge in [0.05, 0.1) is 6.10 Å². The van der Waals surface area contributed by atoms with Crippen molar-refractivity contribution < 1.29 is 9.53 Å². The summed E-state index contributed by atoms with van der Waals surface area (Å²) in [6.45, 7) is 2.49. The minimum Gasteiger partial charge on any atom is -0.364 e. The van der Waals surface area contributed by atoms with E-state index in [4.69, 9.17) is 22.1 Å². The van der Waals surface area contributed by atoms with Crippen molar-refractivity contribution in [2.24, 2.45) is 5.73 Å². The van der Waals surface area contributed by atoms with Gasteiger partial charge in [0.15, 0.2) is 5.13 Å². The van der Waals surface area contributed by atoms with Gasteiger partial charge in [-0.25, -0.2) is 4.98 Å². The molecule has 1 aliphatic heterocycles. The molecular formula is C17H21Cl2N3O2S. The summed E-state index contributed by atoms with van der Waals surface area (Å²) >= 11 is 7.47. The minimum absolute atomic E-state index is 0. The van der Waals surface area contributed by atoms with Gasteiger partial charge in [-0.3, -0.25) is 10.1 Å². The summed E-state index contributed by atoms with van der Waals surface area (Å²) in [4.78, 5) is 17.6. The average molecular weight is 402 g/mol. The minimum atomic E-state index is -0.426. The summed E-state index contributed by atoms with van der Waals surface area (Å²) in [5, 5.41) is 4.18. The molecule has 8 heteroatoms. The first-order valence-corrected chi connectivity index (χ1v) is 9.10. The van der Waals surface area contributed by atoms with Crippen LogP contribution in [0.25, 0.3) is 0 Å². The predicted molar refractivity (Wildman–Crippen MR) is 104 cm³/mol. The van der Waals surface area contributed by atoms with Gasteiger partial charge < -0.3 is 10.5 Å². The van der Waals surface area contributed by atoms with Crippen molar-refractivity contribution in [2.45, 2.75) is 38.4 Å². The number of hydrogen-bond donors (Lipinski definition) is 2. The molecule has 0 saturated carbocycles. The molecule has 1 aromatic heterocycles. The Labute approximate surface area is 162 Å². The molecule has 3 N–H and O–H groups in total. The SMILES string of the molecule is Cc1cc(Cl)ccc1Cc1cnc(NC(=O)[C@@H]2CC[C@H](CN)O2)s1.Cl. The molecule has 1 aromatic carbocycles. The molecule has 0 unspecified atom stereocenters. The molecule has 136 valence electrons. The lowest BCUT2D eigenvalue weighted by molar-refractivity contribution is -0.126. The van der Waals surface area contributed by atoms with Gasteiger partial charge >= 0.3 is 0 Å². The van der Waals surface area contributed by atoms with Gasteiger partial charge in [-0.2, -0.15) is 0 Å². The summed E-state index contributed by atoms with van der Waals surface area (Å²) < 4.78 is 5.60. The van der Waals surface area contributed by atoms with Crippen LogP contribution in [0.5, 0.6) is 0 Å². The Bertz CT molecular complexity index is 738. The number of nitrogens with two attached hydrogens (primary N) is 1. The van der Waals surface area contributed by atoms with Crippen LogP contribution in [0.2, 0.25) is 5.02 Å². The number of hydrogen-bond acceptors (Lipinski definition) is 5. The Morgan fingerprint density at radius 1 is 1.48 bits per heavy atom. The van der Waals surface area contributed by atoms with E-state index in [0.29, 0.717) is 18.1 Å². The third-order valence-corrected chi connectivity index (χ3v) is 5.26. The number of benzene rings is 1. The van der Waals surface area contributed by atoms with Gasteiger partial charge in [0.1, 0.15) is 6.10 Å². The number of carbonyl (C=O) groups excluding carboxylic acids is 1. The van der Waals surface area contributed by atoms with E-state index < -0.39 is 6.10 Å². The van der Waals surface area contributed by atoms with Crippen LogP contribution in [0.3, 0.4) is 0 Å². The largest absolute Gasteiger partial charge is 0.364 e. The van der Waals surface area contributed by atoms with Crippen LogP contribution < -0.4 is 11.1 Å². The number of nitrogens with zero attached hydrogens (tertiary/aromatic N) is 1. The van der Waals surface area contributed by atoms with Crippen LogP contribution in [0.4, 0.5) is 5.13 Å². The lowest BCUT2D eigenvalue weighted by atomic mass is 10.1. The first-order valence-electron chi connectivity index (χ1n) is 7.91. The smallest absolute Gasteiger partial charge is 0.255 e. The second-order valence-electron chi connectivity index (χ2n) is 5.93. The van der Waals surface area contributed by atoms with Crippen LogP contribution in [0.1, 0.15) is 28.8 Å². The lowest BCUT2D eigenvalue weighted by Gasteiger charge is -2.11. The van der Waals surface area contributed by atoms with Crippen molar-refractivity contribution in [1.29, 1.82) is 0 Å². The quantitative estimate of drug-likeness (QED) is 0.802. The summed E-state index contributed by atoms with van der Waals surface area (Å²) in [6.07, 6.45) is 3.66. The predicted octanol–water partition coefficient (Wildman–Crippen LogP) is 3.56. The van der Waals surface area contributed by atoms with E-state index in [2.05, 4.69) is 10.3 Å². The third kappa shape index (κ3) is 5.15. The Hall–Kier alpha value is -1.18. The molecule has 0 bridgehead atoms. The fourth-order valence-corrected chi connectivity index (χ4v) is 3.82. The van der Waals surface area contributed by atoms with Crippen LogP contribution in [0, 0.1) is 6.92 Å². The van der Waals surface area contributed by atoms with E-state index >= 15 is 0 Å². The molecular weight excluding hydrogens is 381 g/mol. The zero-order valence-corrected chi connectivity index (χ0v) is 16.2. The molecule has 0 spiro atoms. The zero-order valence-electron chi connectivity index (χ0n) is 13.8. The third-order valence-electron chi connectivity index (χ3n) is 4.12. The fourth-order valence-electron chi connectivity index (χ4n) is 2.75. The molecule has 0 aliphatic carbocycles. The number of thiazole rings is 1. The molecule has 2 aromatic rings. The Balaban J connectivity index is 0.00000225. The number of anilines is 1. The van der Waals surface area contributed by atoms with Gasteiger partial charge in [0, 0.05) is 29.1 Å². The number of aryl methyl sites for hydroxylation is 1. The normalized spacial score (nSPS) is 19.5. The summed E-state index contributed by atoms with van der Waals surface area (Å²) in [5.74, 6) is -0.144. The van der Waals surface area contributed by atoms with Gasteiger partial charge in [-0.15, -0.1) is 23.7 Å². The highest BCUT2D eigenvalue weighted by Gasteiger charge is 2.30. The maximum absolute atomic E-state index is 12.2. The highest BCUT2D eigenvalue weighted by atomic mass is 35.5. The maximum Gasteiger partial charge on any atom is 0.255 e. The Kier molecular flexibility index (Phi) is 7.22. The number of rotatable bonds is 5. The summed E-state index contributed by atoms with van der Waals surface area (Å²) in [6, 6.07) is 5.86. The van der Waals surface area contributed by atoms with E-state index in [1.165, 1.54) is 16.9 Å². The van der Waals surface area contributed by atoms with Crippen molar-refractivity contribution in [3.63, 3.8) is 0 Å². The Morgan fingerprint density at radius 3 is 2.96 bits per heavy atom. The van der Waals surface area contributed by atoms with Crippen molar-refractivity contribution in [2.75, 3.05) is 11.9 Å². The zero-order chi connectivity index (χ0) is 17.1. The molecule has 0 radical (unpaired) electrons. The van der Waals surface area contributed by atoms with Crippen molar-refractivity contribution >= 4 is 46.4 Å². The van der Waals surface area contributed by atoms with Crippen molar-refractivity contribution in [3.05, 3.63) is 45.4 Å². The number of amides is 1. The molecule has 2 atom stereocenters. The lowest BCUT2D eigenvalue weighted by Crippen LogP contribution is -2.29. The molecule has 5 nitrogen and oxygen atoms in total. The summed E-state index contributed by atoms with van der Waals surface area (Å²) in [7, 11) is 0. The van der Waals surface area contributed by atoms with Crippen molar-refractivity contribution in [3.8, 4) is 0 Å². The highest BCUT2D eigenvalue weighted by molar-refractivity contribution is 7.15. The van der Waals surface area contributed by atoms with E-state index in [0.717, 1.165) is 28.3 Å². The van der Waals surface area contributed by atoms with Crippen LogP contribution in [-0.4, -0.2) is 29.6 Å². The first kappa shape index (κ1) is 20.1. The maximum atomic E-state index is 12.2. The molecule has 1 fully saturated rings. The number of halogens is 2. The van der Waals surface area contributed by atoms with Gasteiger partial charge in [-0.1, -0.05) is 17.7 Å². The number of nitrogens with one attached hydrogen (secondary N) is 1. The van der Waals surface area contributed by atoms with E-state index in [1.807, 2.05) is 25.1 Å². The van der Waals surface area contributed by atoms with Gasteiger partial charge in [-0.05, 0) is 43.0 Å². The van der Waals surface area contributed by atoms with Crippen LogP contribution >= 0.6 is 35.3 Å².